The predicted molar refractivity (Wildman–Crippen MR) is 140 cm³/mol. The van der Waals surface area contributed by atoms with E-state index in [1.165, 1.54) is 5.56 Å². The number of urea groups is 1. The maximum Gasteiger partial charge on any atom is 0.319 e. The number of anilines is 1. The number of hydrogen-bond donors (Lipinski definition) is 2. The molecular weight excluding hydrogens is 458 g/mol. The number of ether oxygens (including phenoxy) is 1. The Labute approximate surface area is 209 Å². The largest absolute Gasteiger partial charge is 0.497 e. The first-order valence-corrected chi connectivity index (χ1v) is 12.3. The number of nitrogens with zero attached hydrogens (tertiary/aromatic N) is 3. The molecule has 0 atom stereocenters. The Bertz CT molecular complexity index is 1320. The summed E-state index contributed by atoms with van der Waals surface area (Å²) < 4.78 is 7.33. The molecule has 0 saturated heterocycles. The fourth-order valence-corrected chi connectivity index (χ4v) is 4.50. The molecule has 4 aromatic rings. The molecule has 0 spiro atoms. The molecule has 0 saturated carbocycles. The van der Waals surface area contributed by atoms with Gasteiger partial charge in [0.05, 0.1) is 13.7 Å². The van der Waals surface area contributed by atoms with E-state index in [0.717, 1.165) is 39.0 Å². The molecule has 0 bridgehead atoms. The smallest absolute Gasteiger partial charge is 0.319 e. The fraction of sp³-hybridized carbons (Fsp3) is 0.222. The summed E-state index contributed by atoms with van der Waals surface area (Å²) in [4.78, 5) is 12.6. The zero-order chi connectivity index (χ0) is 24.8. The van der Waals surface area contributed by atoms with Crippen LogP contribution in [0.15, 0.2) is 71.9 Å². The molecule has 0 aliphatic heterocycles. The van der Waals surface area contributed by atoms with Gasteiger partial charge in [-0.1, -0.05) is 53.7 Å². The van der Waals surface area contributed by atoms with Crippen molar-refractivity contribution in [2.75, 3.05) is 12.4 Å². The van der Waals surface area contributed by atoms with Crippen molar-refractivity contribution in [1.82, 2.24) is 20.1 Å². The first kappa shape index (κ1) is 24.3. The van der Waals surface area contributed by atoms with Crippen LogP contribution < -0.4 is 15.4 Å². The third-order valence-electron chi connectivity index (χ3n) is 5.75. The molecule has 1 heterocycles. The second kappa shape index (κ2) is 11.1. The van der Waals surface area contributed by atoms with Gasteiger partial charge in [0.15, 0.2) is 11.0 Å². The molecule has 0 aliphatic carbocycles. The first-order valence-electron chi connectivity index (χ1n) is 11.3. The van der Waals surface area contributed by atoms with Gasteiger partial charge >= 0.3 is 6.03 Å². The molecule has 2 amide bonds. The van der Waals surface area contributed by atoms with Gasteiger partial charge in [0.1, 0.15) is 5.75 Å². The molecule has 0 aliphatic rings. The van der Waals surface area contributed by atoms with Crippen molar-refractivity contribution in [3.8, 4) is 11.4 Å². The molecule has 180 valence electrons. The Morgan fingerprint density at radius 1 is 1.00 bits per heavy atom. The summed E-state index contributed by atoms with van der Waals surface area (Å²) in [5.41, 5.74) is 6.19. The van der Waals surface area contributed by atoms with Crippen LogP contribution in [0.5, 0.6) is 5.75 Å². The average Bonchev–Trinajstić information content (AvgIpc) is 3.27. The van der Waals surface area contributed by atoms with Crippen LogP contribution in [0.4, 0.5) is 10.5 Å². The molecule has 3 aromatic carbocycles. The predicted octanol–water partition coefficient (Wildman–Crippen LogP) is 5.82. The second-order valence-electron chi connectivity index (χ2n) is 8.27. The van der Waals surface area contributed by atoms with E-state index in [1.807, 2.05) is 66.9 Å². The summed E-state index contributed by atoms with van der Waals surface area (Å²) in [6.45, 7) is 6.30. The molecule has 2 N–H and O–H groups in total. The summed E-state index contributed by atoms with van der Waals surface area (Å²) >= 11 is 1.59. The van der Waals surface area contributed by atoms with Gasteiger partial charge in [-0.15, -0.1) is 10.2 Å². The van der Waals surface area contributed by atoms with Crippen molar-refractivity contribution < 1.29 is 9.53 Å². The Balaban J connectivity index is 1.52. The average molecular weight is 488 g/mol. The van der Waals surface area contributed by atoms with Gasteiger partial charge in [-0.25, -0.2) is 4.79 Å². The van der Waals surface area contributed by atoms with Crippen LogP contribution in [0.2, 0.25) is 0 Å². The summed E-state index contributed by atoms with van der Waals surface area (Å²) in [6.07, 6.45) is 0. The maximum atomic E-state index is 12.6. The van der Waals surface area contributed by atoms with Crippen molar-refractivity contribution in [2.24, 2.45) is 0 Å². The second-order valence-corrected chi connectivity index (χ2v) is 9.21. The lowest BCUT2D eigenvalue weighted by Gasteiger charge is -2.13. The van der Waals surface area contributed by atoms with Crippen molar-refractivity contribution >= 4 is 23.5 Å². The monoisotopic (exact) mass is 487 g/mol. The van der Waals surface area contributed by atoms with E-state index in [-0.39, 0.29) is 12.6 Å². The van der Waals surface area contributed by atoms with Crippen LogP contribution >= 0.6 is 11.8 Å². The molecule has 0 radical (unpaired) electrons. The van der Waals surface area contributed by atoms with Crippen LogP contribution in [-0.2, 0) is 12.3 Å². The lowest BCUT2D eigenvalue weighted by Crippen LogP contribution is -2.29. The van der Waals surface area contributed by atoms with Gasteiger partial charge in [-0.3, -0.25) is 4.57 Å². The Kier molecular flexibility index (Phi) is 7.72. The molecule has 7 nitrogen and oxygen atoms in total. The summed E-state index contributed by atoms with van der Waals surface area (Å²) in [5, 5.41) is 15.4. The van der Waals surface area contributed by atoms with Gasteiger partial charge < -0.3 is 15.4 Å². The highest BCUT2D eigenvalue weighted by molar-refractivity contribution is 7.98. The topological polar surface area (TPSA) is 81.1 Å². The zero-order valence-electron chi connectivity index (χ0n) is 20.3. The number of rotatable bonds is 8. The van der Waals surface area contributed by atoms with Crippen molar-refractivity contribution in [3.63, 3.8) is 0 Å². The Morgan fingerprint density at radius 3 is 2.54 bits per heavy atom. The molecule has 1 aromatic heterocycles. The van der Waals surface area contributed by atoms with Gasteiger partial charge in [0.25, 0.3) is 0 Å². The van der Waals surface area contributed by atoms with E-state index < -0.39 is 0 Å². The minimum atomic E-state index is -0.289. The highest BCUT2D eigenvalue weighted by atomic mass is 32.2. The number of carbonyl (C=O) groups excluding carboxylic acids is 1. The zero-order valence-corrected chi connectivity index (χ0v) is 21.1. The molecule has 0 unspecified atom stereocenters. The van der Waals surface area contributed by atoms with Gasteiger partial charge in [-0.05, 0) is 67.8 Å². The molecular formula is C27H29N5O2S. The number of thioether (sulfide) groups is 1. The minimum absolute atomic E-state index is 0.233. The third kappa shape index (κ3) is 6.02. The number of hydrogen-bond acceptors (Lipinski definition) is 5. The number of aromatic nitrogens is 3. The van der Waals surface area contributed by atoms with Crippen LogP contribution in [0.3, 0.4) is 0 Å². The number of methoxy groups -OCH3 is 1. The van der Waals surface area contributed by atoms with Crippen LogP contribution in [0.25, 0.3) is 5.69 Å². The lowest BCUT2D eigenvalue weighted by atomic mass is 10.1. The molecule has 8 heteroatoms. The molecule has 0 fully saturated rings. The minimum Gasteiger partial charge on any atom is -0.497 e. The number of nitrogens with one attached hydrogen (secondary N) is 2. The summed E-state index contributed by atoms with van der Waals surface area (Å²) in [6, 6.07) is 21.7. The quantitative estimate of drug-likeness (QED) is 0.306. The van der Waals surface area contributed by atoms with Crippen molar-refractivity contribution in [1.29, 1.82) is 0 Å². The van der Waals surface area contributed by atoms with E-state index in [4.69, 9.17) is 4.74 Å². The molecule has 4 rings (SSSR count). The summed E-state index contributed by atoms with van der Waals surface area (Å²) in [5.74, 6) is 2.18. The summed E-state index contributed by atoms with van der Waals surface area (Å²) in [7, 11) is 1.66. The van der Waals surface area contributed by atoms with Crippen molar-refractivity contribution in [2.45, 2.75) is 38.2 Å². The van der Waals surface area contributed by atoms with E-state index >= 15 is 0 Å². The standard InChI is InChI=1S/C27H29N5O2S/c1-18-11-13-22(14-12-18)32-25(16-28-26(33)29-24-10-5-7-19(2)20(24)3)30-31-27(32)35-17-21-8-6-9-23(15-21)34-4/h5-15H,16-17H2,1-4H3,(H2,28,29,33). The van der Waals surface area contributed by atoms with E-state index in [0.29, 0.717) is 11.6 Å². The highest BCUT2D eigenvalue weighted by Gasteiger charge is 2.16. The number of amides is 2. The number of benzene rings is 3. The van der Waals surface area contributed by atoms with Crippen LogP contribution in [0, 0.1) is 20.8 Å². The van der Waals surface area contributed by atoms with E-state index in [2.05, 4.69) is 46.0 Å². The third-order valence-corrected chi connectivity index (χ3v) is 6.75. The fourth-order valence-electron chi connectivity index (χ4n) is 3.58. The first-order chi connectivity index (χ1) is 16.9. The maximum absolute atomic E-state index is 12.6. The lowest BCUT2D eigenvalue weighted by molar-refractivity contribution is 0.251. The highest BCUT2D eigenvalue weighted by Crippen LogP contribution is 2.27. The van der Waals surface area contributed by atoms with Crippen molar-refractivity contribution in [3.05, 3.63) is 94.8 Å². The van der Waals surface area contributed by atoms with Crippen LogP contribution in [-0.4, -0.2) is 27.9 Å². The normalized spacial score (nSPS) is 10.7. The van der Waals surface area contributed by atoms with Gasteiger partial charge in [0, 0.05) is 17.1 Å². The van der Waals surface area contributed by atoms with Crippen LogP contribution in [0.1, 0.15) is 28.1 Å². The van der Waals surface area contributed by atoms with Gasteiger partial charge in [-0.2, -0.15) is 0 Å². The van der Waals surface area contributed by atoms with E-state index in [1.54, 1.807) is 18.9 Å². The molecule has 35 heavy (non-hydrogen) atoms. The van der Waals surface area contributed by atoms with E-state index in [9.17, 15) is 4.79 Å². The number of aryl methyl sites for hydroxylation is 2. The number of carbonyl (C=O) groups is 1. The van der Waals surface area contributed by atoms with Gasteiger partial charge in [0.2, 0.25) is 0 Å². The SMILES string of the molecule is COc1cccc(CSc2nnc(CNC(=O)Nc3cccc(C)c3C)n2-c2ccc(C)cc2)c1. The Hall–Kier alpha value is -3.78. The Morgan fingerprint density at radius 2 is 1.77 bits per heavy atom.